The van der Waals surface area contributed by atoms with Gasteiger partial charge in [0.05, 0.1) is 22.6 Å². The quantitative estimate of drug-likeness (QED) is 0.391. The second kappa shape index (κ2) is 12.0. The number of benzene rings is 3. The third-order valence-electron chi connectivity index (χ3n) is 7.01. The van der Waals surface area contributed by atoms with E-state index in [4.69, 9.17) is 28.9 Å². The van der Waals surface area contributed by atoms with Crippen molar-refractivity contribution in [3.05, 3.63) is 87.9 Å². The van der Waals surface area contributed by atoms with Crippen LogP contribution in [-0.2, 0) is 4.79 Å². The third kappa shape index (κ3) is 6.45. The molecule has 1 heterocycles. The Balaban J connectivity index is 1.56. The molecule has 1 unspecified atom stereocenters. The van der Waals surface area contributed by atoms with E-state index in [1.165, 1.54) is 12.8 Å². The fraction of sp³-hybridized carbons (Fsp3) is 0.310. The summed E-state index contributed by atoms with van der Waals surface area (Å²) in [7, 11) is 3.73. The molecule has 1 atom stereocenters. The summed E-state index contributed by atoms with van der Waals surface area (Å²) < 4.78 is 0. The molecule has 0 radical (unpaired) electrons. The van der Waals surface area contributed by atoms with Crippen LogP contribution in [0.3, 0.4) is 0 Å². The van der Waals surface area contributed by atoms with E-state index in [-0.39, 0.29) is 18.5 Å². The van der Waals surface area contributed by atoms with Gasteiger partial charge in [0, 0.05) is 31.9 Å². The molecule has 1 saturated heterocycles. The number of carbonyl (C=O) groups excluding carboxylic acids is 2. The lowest BCUT2D eigenvalue weighted by Gasteiger charge is -2.33. The molecule has 0 spiro atoms. The van der Waals surface area contributed by atoms with Crippen LogP contribution in [0.4, 0.5) is 5.69 Å². The summed E-state index contributed by atoms with van der Waals surface area (Å²) >= 11 is 12.2. The maximum absolute atomic E-state index is 13.4. The molecule has 1 aliphatic rings. The zero-order chi connectivity index (χ0) is 26.5. The van der Waals surface area contributed by atoms with Gasteiger partial charge in [0.15, 0.2) is 0 Å². The zero-order valence-corrected chi connectivity index (χ0v) is 22.7. The molecule has 3 aromatic carbocycles. The van der Waals surface area contributed by atoms with Gasteiger partial charge in [-0.05, 0) is 66.9 Å². The first-order valence-corrected chi connectivity index (χ1v) is 13.1. The van der Waals surface area contributed by atoms with Gasteiger partial charge in [0.1, 0.15) is 0 Å². The highest BCUT2D eigenvalue weighted by molar-refractivity contribution is 6.42. The number of hydrogen-bond acceptors (Lipinski definition) is 4. The minimum absolute atomic E-state index is 0.000852. The van der Waals surface area contributed by atoms with Crippen LogP contribution in [0.25, 0.3) is 11.1 Å². The number of likely N-dealkylation sites (N-methyl/N-ethyl adjacent to an activating group) is 2. The minimum Gasteiger partial charge on any atom is -0.366 e. The lowest BCUT2D eigenvalue weighted by molar-refractivity contribution is -0.131. The van der Waals surface area contributed by atoms with Gasteiger partial charge in [-0.1, -0.05) is 65.7 Å². The highest BCUT2D eigenvalue weighted by Gasteiger charge is 2.26. The standard InChI is InChI=1S/C29H32Cl2N4O2/c1-33(22-13-14-25(30)26(31)17-22)19-28(36)34(2)27(18-35-15-5-6-16-35)21-11-9-20(10-12-21)23-7-3-4-8-24(23)29(32)37/h3-4,7-14,17,27H,5-6,15-16,18-19H2,1-2H3,(H2,32,37). The molecule has 0 aliphatic carbocycles. The van der Waals surface area contributed by atoms with Crippen molar-refractivity contribution in [2.45, 2.75) is 18.9 Å². The Hall–Kier alpha value is -3.06. The molecule has 0 bridgehead atoms. The molecule has 37 heavy (non-hydrogen) atoms. The molecule has 3 aromatic rings. The smallest absolute Gasteiger partial charge is 0.249 e. The van der Waals surface area contributed by atoms with E-state index in [1.807, 2.05) is 66.4 Å². The molecule has 8 heteroatoms. The predicted octanol–water partition coefficient (Wildman–Crippen LogP) is 5.49. The topological polar surface area (TPSA) is 69.9 Å². The molecular formula is C29H32Cl2N4O2. The van der Waals surface area contributed by atoms with E-state index in [2.05, 4.69) is 4.90 Å². The molecule has 2 amide bonds. The van der Waals surface area contributed by atoms with Crippen LogP contribution in [0.5, 0.6) is 0 Å². The van der Waals surface area contributed by atoms with Gasteiger partial charge in [0.25, 0.3) is 0 Å². The molecular weight excluding hydrogens is 507 g/mol. The lowest BCUT2D eigenvalue weighted by Crippen LogP contribution is -2.42. The molecule has 0 saturated carbocycles. The third-order valence-corrected chi connectivity index (χ3v) is 7.75. The first kappa shape index (κ1) is 27.0. The zero-order valence-electron chi connectivity index (χ0n) is 21.2. The fourth-order valence-electron chi connectivity index (χ4n) is 4.80. The maximum atomic E-state index is 13.4. The summed E-state index contributed by atoms with van der Waals surface area (Å²) in [6, 6.07) is 20.6. The van der Waals surface area contributed by atoms with E-state index >= 15 is 0 Å². The Bertz CT molecular complexity index is 1260. The minimum atomic E-state index is -0.456. The lowest BCUT2D eigenvalue weighted by atomic mass is 9.96. The number of carbonyl (C=O) groups is 2. The summed E-state index contributed by atoms with van der Waals surface area (Å²) in [5.41, 5.74) is 9.64. The van der Waals surface area contributed by atoms with Crippen molar-refractivity contribution >= 4 is 40.7 Å². The first-order chi connectivity index (χ1) is 17.7. The number of anilines is 1. The van der Waals surface area contributed by atoms with Crippen LogP contribution in [0.15, 0.2) is 66.7 Å². The predicted molar refractivity (Wildman–Crippen MR) is 151 cm³/mol. The molecule has 4 rings (SSSR count). The number of hydrogen-bond donors (Lipinski definition) is 1. The second-order valence-electron chi connectivity index (χ2n) is 9.51. The summed E-state index contributed by atoms with van der Waals surface area (Å²) in [6.45, 7) is 3.03. The van der Waals surface area contributed by atoms with E-state index in [0.717, 1.165) is 42.0 Å². The highest BCUT2D eigenvalue weighted by Crippen LogP contribution is 2.30. The van der Waals surface area contributed by atoms with Gasteiger partial charge in [0.2, 0.25) is 11.8 Å². The van der Waals surface area contributed by atoms with Crippen molar-refractivity contribution in [1.29, 1.82) is 0 Å². The Morgan fingerprint density at radius 2 is 1.62 bits per heavy atom. The molecule has 1 fully saturated rings. The monoisotopic (exact) mass is 538 g/mol. The molecule has 2 N–H and O–H groups in total. The van der Waals surface area contributed by atoms with Gasteiger partial charge in [-0.15, -0.1) is 0 Å². The first-order valence-electron chi connectivity index (χ1n) is 12.4. The van der Waals surface area contributed by atoms with Gasteiger partial charge in [-0.2, -0.15) is 0 Å². The molecule has 194 valence electrons. The van der Waals surface area contributed by atoms with Crippen molar-refractivity contribution in [1.82, 2.24) is 9.80 Å². The van der Waals surface area contributed by atoms with Gasteiger partial charge < -0.3 is 20.4 Å². The Morgan fingerprint density at radius 1 is 0.946 bits per heavy atom. The van der Waals surface area contributed by atoms with Crippen LogP contribution in [0.1, 0.15) is 34.8 Å². The van der Waals surface area contributed by atoms with E-state index in [0.29, 0.717) is 15.6 Å². The van der Waals surface area contributed by atoms with Crippen molar-refractivity contribution < 1.29 is 9.59 Å². The summed E-state index contributed by atoms with van der Waals surface area (Å²) in [5.74, 6) is -0.455. The fourth-order valence-corrected chi connectivity index (χ4v) is 5.09. The average molecular weight is 540 g/mol. The number of primary amides is 1. The van der Waals surface area contributed by atoms with Gasteiger partial charge in [-0.25, -0.2) is 0 Å². The Labute approximate surface area is 228 Å². The number of nitrogens with zero attached hydrogens (tertiary/aromatic N) is 3. The van der Waals surface area contributed by atoms with Crippen molar-refractivity contribution in [2.24, 2.45) is 5.73 Å². The number of rotatable bonds is 9. The van der Waals surface area contributed by atoms with Crippen LogP contribution in [-0.4, -0.2) is 61.9 Å². The number of amides is 2. The van der Waals surface area contributed by atoms with Gasteiger partial charge in [-0.3, -0.25) is 9.59 Å². The summed E-state index contributed by atoms with van der Waals surface area (Å²) in [6.07, 6.45) is 2.35. The number of nitrogens with two attached hydrogens (primary N) is 1. The SMILES string of the molecule is CN(CC(=O)N(C)C(CN1CCCC1)c1ccc(-c2ccccc2C(N)=O)cc1)c1ccc(Cl)c(Cl)c1. The summed E-state index contributed by atoms with van der Waals surface area (Å²) in [5, 5.41) is 0.937. The van der Waals surface area contributed by atoms with E-state index in [9.17, 15) is 9.59 Å². The van der Waals surface area contributed by atoms with Gasteiger partial charge >= 0.3 is 0 Å². The van der Waals surface area contributed by atoms with Crippen LogP contribution in [0, 0.1) is 0 Å². The van der Waals surface area contributed by atoms with Crippen LogP contribution in [0.2, 0.25) is 10.0 Å². The normalized spacial score (nSPS) is 14.4. The van der Waals surface area contributed by atoms with Crippen molar-refractivity contribution in [3.63, 3.8) is 0 Å². The Kier molecular flexibility index (Phi) is 8.75. The second-order valence-corrected chi connectivity index (χ2v) is 10.3. The number of likely N-dealkylation sites (tertiary alicyclic amines) is 1. The largest absolute Gasteiger partial charge is 0.366 e. The maximum Gasteiger partial charge on any atom is 0.249 e. The molecule has 1 aliphatic heterocycles. The molecule has 0 aromatic heterocycles. The molecule has 6 nitrogen and oxygen atoms in total. The van der Waals surface area contributed by atoms with Crippen LogP contribution < -0.4 is 10.6 Å². The van der Waals surface area contributed by atoms with E-state index < -0.39 is 5.91 Å². The summed E-state index contributed by atoms with van der Waals surface area (Å²) in [4.78, 5) is 31.5. The Morgan fingerprint density at radius 3 is 2.27 bits per heavy atom. The van der Waals surface area contributed by atoms with Crippen molar-refractivity contribution in [2.75, 3.05) is 45.2 Å². The van der Waals surface area contributed by atoms with Crippen LogP contribution >= 0.6 is 23.2 Å². The number of halogens is 2. The average Bonchev–Trinajstić information content (AvgIpc) is 3.42. The van der Waals surface area contributed by atoms with E-state index in [1.54, 1.807) is 24.3 Å². The highest BCUT2D eigenvalue weighted by atomic mass is 35.5. The van der Waals surface area contributed by atoms with Crippen molar-refractivity contribution in [3.8, 4) is 11.1 Å².